The molecule has 136 valence electrons. The molecule has 0 spiro atoms. The first-order valence-corrected chi connectivity index (χ1v) is 8.85. The number of carbonyl (C=O) groups excluding carboxylic acids is 1. The Bertz CT molecular complexity index is 730. The first-order chi connectivity index (χ1) is 12.7. The summed E-state index contributed by atoms with van der Waals surface area (Å²) in [7, 11) is 3.25. The lowest BCUT2D eigenvalue weighted by molar-refractivity contribution is -0.154. The molecule has 0 radical (unpaired) electrons. The zero-order chi connectivity index (χ0) is 18.1. The average Bonchev–Trinajstić information content (AvgIpc) is 3.42. The van der Waals surface area contributed by atoms with E-state index in [1.54, 1.807) is 14.2 Å². The van der Waals surface area contributed by atoms with Crippen LogP contribution in [-0.2, 0) is 19.9 Å². The summed E-state index contributed by atoms with van der Waals surface area (Å²) in [5.41, 5.74) is 0.984. The number of hydrogen-bond acceptors (Lipinski definition) is 5. The fourth-order valence-corrected chi connectivity index (χ4v) is 3.36. The van der Waals surface area contributed by atoms with E-state index in [2.05, 4.69) is 0 Å². The molecule has 0 N–H and O–H groups in total. The predicted octanol–water partition coefficient (Wildman–Crippen LogP) is 3.44. The summed E-state index contributed by atoms with van der Waals surface area (Å²) >= 11 is 0. The van der Waals surface area contributed by atoms with Gasteiger partial charge in [-0.05, 0) is 54.7 Å². The molecule has 0 bridgehead atoms. The van der Waals surface area contributed by atoms with Gasteiger partial charge < -0.3 is 18.9 Å². The van der Waals surface area contributed by atoms with Gasteiger partial charge in [-0.1, -0.05) is 24.3 Å². The van der Waals surface area contributed by atoms with Gasteiger partial charge in [0.1, 0.15) is 17.6 Å². The molecule has 0 aromatic heterocycles. The van der Waals surface area contributed by atoms with E-state index in [9.17, 15) is 4.79 Å². The maximum absolute atomic E-state index is 12.6. The second kappa shape index (κ2) is 6.65. The van der Waals surface area contributed by atoms with Gasteiger partial charge in [0.25, 0.3) is 0 Å². The molecular formula is C21H22O5. The van der Waals surface area contributed by atoms with Crippen LogP contribution in [0.1, 0.15) is 30.4 Å². The molecule has 2 aromatic carbocycles. The molecule has 26 heavy (non-hydrogen) atoms. The van der Waals surface area contributed by atoms with Gasteiger partial charge in [0.05, 0.1) is 14.2 Å². The highest BCUT2D eigenvalue weighted by atomic mass is 16.7. The first kappa shape index (κ1) is 16.9. The minimum absolute atomic E-state index is 0.0381. The van der Waals surface area contributed by atoms with Crippen LogP contribution in [0.3, 0.4) is 0 Å². The van der Waals surface area contributed by atoms with Crippen molar-refractivity contribution in [1.82, 2.24) is 0 Å². The van der Waals surface area contributed by atoms with E-state index in [0.717, 1.165) is 41.9 Å². The Labute approximate surface area is 152 Å². The molecule has 5 nitrogen and oxygen atoms in total. The number of carbonyl (C=O) groups is 1. The summed E-state index contributed by atoms with van der Waals surface area (Å²) in [6.07, 6.45) is 2.40. The minimum Gasteiger partial charge on any atom is -0.497 e. The predicted molar refractivity (Wildman–Crippen MR) is 95.4 cm³/mol. The Hall–Kier alpha value is -2.53. The van der Waals surface area contributed by atoms with Crippen LogP contribution in [0, 0.1) is 0 Å². The maximum Gasteiger partial charge on any atom is 0.339 e. The van der Waals surface area contributed by atoms with Crippen molar-refractivity contribution in [3.8, 4) is 11.5 Å². The maximum atomic E-state index is 12.6. The molecule has 2 aliphatic rings. The van der Waals surface area contributed by atoms with E-state index >= 15 is 0 Å². The Kier molecular flexibility index (Phi) is 4.32. The lowest BCUT2D eigenvalue weighted by Gasteiger charge is -2.25. The Morgan fingerprint density at radius 1 is 0.923 bits per heavy atom. The lowest BCUT2D eigenvalue weighted by atomic mass is 9.87. The van der Waals surface area contributed by atoms with E-state index in [4.69, 9.17) is 18.9 Å². The smallest absolute Gasteiger partial charge is 0.339 e. The van der Waals surface area contributed by atoms with Gasteiger partial charge in [-0.15, -0.1) is 0 Å². The molecule has 1 heterocycles. The van der Waals surface area contributed by atoms with Crippen molar-refractivity contribution in [1.29, 1.82) is 0 Å². The van der Waals surface area contributed by atoms with Crippen molar-refractivity contribution in [3.63, 3.8) is 0 Å². The zero-order valence-electron chi connectivity index (χ0n) is 14.9. The van der Waals surface area contributed by atoms with Crippen LogP contribution in [-0.4, -0.2) is 32.4 Å². The number of methoxy groups -OCH3 is 2. The average molecular weight is 354 g/mol. The highest BCUT2D eigenvalue weighted by Gasteiger charge is 2.64. The molecule has 1 aliphatic carbocycles. The molecule has 2 fully saturated rings. The Balaban J connectivity index is 1.66. The van der Waals surface area contributed by atoms with Crippen molar-refractivity contribution >= 4 is 5.97 Å². The fraction of sp³-hybridized carbons (Fsp3) is 0.381. The second-order valence-corrected chi connectivity index (χ2v) is 6.68. The third kappa shape index (κ3) is 2.82. The van der Waals surface area contributed by atoms with Gasteiger partial charge >= 0.3 is 5.97 Å². The molecular weight excluding hydrogens is 332 g/mol. The molecule has 1 saturated heterocycles. The van der Waals surface area contributed by atoms with Crippen LogP contribution >= 0.6 is 0 Å². The van der Waals surface area contributed by atoms with E-state index < -0.39 is 11.7 Å². The molecule has 0 amide bonds. The van der Waals surface area contributed by atoms with Crippen molar-refractivity contribution < 1.29 is 23.7 Å². The largest absolute Gasteiger partial charge is 0.497 e. The topological polar surface area (TPSA) is 57.3 Å². The number of epoxide rings is 1. The number of rotatable bonds is 6. The summed E-state index contributed by atoms with van der Waals surface area (Å²) in [6, 6.07) is 15.2. The quantitative estimate of drug-likeness (QED) is 0.587. The van der Waals surface area contributed by atoms with Crippen LogP contribution in [0.15, 0.2) is 48.5 Å². The van der Waals surface area contributed by atoms with E-state index in [0.29, 0.717) is 0 Å². The highest BCUT2D eigenvalue weighted by Crippen LogP contribution is 2.53. The molecule has 1 atom stereocenters. The standard InChI is InChI=1S/C21H22O5/c1-23-16-10-6-14(7-11-16)21(15-8-12-17(24-2)13-9-15)19(26-21)20(22)25-18-4-3-5-18/h6-13,18-19H,3-5H2,1-2H3. The van der Waals surface area contributed by atoms with Gasteiger partial charge in [-0.2, -0.15) is 0 Å². The number of ether oxygens (including phenoxy) is 4. The number of benzene rings is 2. The molecule has 2 aromatic rings. The van der Waals surface area contributed by atoms with Crippen LogP contribution in [0.4, 0.5) is 0 Å². The van der Waals surface area contributed by atoms with E-state index in [-0.39, 0.29) is 12.1 Å². The molecule has 5 heteroatoms. The third-order valence-electron chi connectivity index (χ3n) is 5.20. The lowest BCUT2D eigenvalue weighted by Crippen LogP contribution is -2.30. The molecule has 4 rings (SSSR count). The van der Waals surface area contributed by atoms with E-state index in [1.165, 1.54) is 0 Å². The normalized spacial score (nSPS) is 20.8. The summed E-state index contributed by atoms with van der Waals surface area (Å²) in [5.74, 6) is 1.22. The second-order valence-electron chi connectivity index (χ2n) is 6.68. The summed E-state index contributed by atoms with van der Waals surface area (Å²) in [5, 5.41) is 0. The summed E-state index contributed by atoms with van der Waals surface area (Å²) in [4.78, 5) is 12.6. The number of hydrogen-bond donors (Lipinski definition) is 0. The Morgan fingerprint density at radius 2 is 1.42 bits per heavy atom. The zero-order valence-corrected chi connectivity index (χ0v) is 14.9. The van der Waals surface area contributed by atoms with Crippen LogP contribution in [0.5, 0.6) is 11.5 Å². The van der Waals surface area contributed by atoms with Gasteiger partial charge in [-0.25, -0.2) is 4.79 Å². The first-order valence-electron chi connectivity index (χ1n) is 8.85. The van der Waals surface area contributed by atoms with E-state index in [1.807, 2.05) is 48.5 Å². The monoisotopic (exact) mass is 354 g/mol. The van der Waals surface area contributed by atoms with Gasteiger partial charge in [0, 0.05) is 0 Å². The van der Waals surface area contributed by atoms with Crippen molar-refractivity contribution in [2.45, 2.75) is 37.1 Å². The van der Waals surface area contributed by atoms with Crippen LogP contribution < -0.4 is 9.47 Å². The van der Waals surface area contributed by atoms with Crippen molar-refractivity contribution in [2.75, 3.05) is 14.2 Å². The molecule has 1 aliphatic heterocycles. The summed E-state index contributed by atoms with van der Waals surface area (Å²) < 4.78 is 22.1. The Morgan fingerprint density at radius 3 is 1.81 bits per heavy atom. The van der Waals surface area contributed by atoms with Crippen molar-refractivity contribution in [2.24, 2.45) is 0 Å². The summed E-state index contributed by atoms with van der Waals surface area (Å²) in [6.45, 7) is 0. The van der Waals surface area contributed by atoms with Gasteiger partial charge in [-0.3, -0.25) is 0 Å². The highest BCUT2D eigenvalue weighted by molar-refractivity contribution is 5.82. The van der Waals surface area contributed by atoms with Crippen molar-refractivity contribution in [3.05, 3.63) is 59.7 Å². The SMILES string of the molecule is COc1ccc(C2(c3ccc(OC)cc3)OC2C(=O)OC2CCC2)cc1. The van der Waals surface area contributed by atoms with Gasteiger partial charge in [0.15, 0.2) is 11.7 Å². The van der Waals surface area contributed by atoms with Gasteiger partial charge in [0.2, 0.25) is 0 Å². The molecule has 1 saturated carbocycles. The third-order valence-corrected chi connectivity index (χ3v) is 5.20. The van der Waals surface area contributed by atoms with Crippen LogP contribution in [0.25, 0.3) is 0 Å². The minimum atomic E-state index is -0.820. The fourth-order valence-electron chi connectivity index (χ4n) is 3.36. The number of esters is 1. The van der Waals surface area contributed by atoms with Crippen LogP contribution in [0.2, 0.25) is 0 Å². The molecule has 1 unspecified atom stereocenters.